The number of methoxy groups -OCH3 is 3. The number of phenols is 1. The van der Waals surface area contributed by atoms with Crippen LogP contribution in [-0.4, -0.2) is 41.5 Å². The Morgan fingerprint density at radius 2 is 1.51 bits per heavy atom. The van der Waals surface area contributed by atoms with E-state index >= 15 is 0 Å². The van der Waals surface area contributed by atoms with Crippen molar-refractivity contribution in [1.82, 2.24) is 9.13 Å². The first-order chi connectivity index (χ1) is 17.0. The zero-order valence-corrected chi connectivity index (χ0v) is 19.5. The van der Waals surface area contributed by atoms with Crippen LogP contribution in [-0.2, 0) is 0 Å². The van der Waals surface area contributed by atoms with E-state index in [4.69, 9.17) is 14.2 Å². The predicted molar refractivity (Wildman–Crippen MR) is 133 cm³/mol. The normalized spacial score (nSPS) is 10.9. The molecule has 4 rings (SSSR count). The Kier molecular flexibility index (Phi) is 6.73. The van der Waals surface area contributed by atoms with Gasteiger partial charge in [0.25, 0.3) is 5.91 Å². The van der Waals surface area contributed by atoms with Gasteiger partial charge in [-0.15, -0.1) is 0 Å². The molecule has 0 spiro atoms. The Hall–Kier alpha value is -4.72. The molecule has 4 aromatic rings. The van der Waals surface area contributed by atoms with Crippen LogP contribution in [0.25, 0.3) is 23.0 Å². The van der Waals surface area contributed by atoms with Crippen LogP contribution in [0.15, 0.2) is 83.8 Å². The number of phenolic OH excluding ortho intramolecular Hbond substituents is 1. The molecular formula is C27H24N2O6. The molecule has 0 amide bonds. The minimum atomic E-state index is -0.540. The van der Waals surface area contributed by atoms with Crippen LogP contribution in [0.4, 0.5) is 0 Å². The molecule has 8 nitrogen and oxygen atoms in total. The molecule has 35 heavy (non-hydrogen) atoms. The Morgan fingerprint density at radius 3 is 2.09 bits per heavy atom. The van der Waals surface area contributed by atoms with Gasteiger partial charge in [-0.2, -0.15) is 0 Å². The first kappa shape index (κ1) is 23.4. The van der Waals surface area contributed by atoms with E-state index in [0.29, 0.717) is 39.8 Å². The highest BCUT2D eigenvalue weighted by Gasteiger charge is 2.19. The van der Waals surface area contributed by atoms with Gasteiger partial charge in [0.15, 0.2) is 11.5 Å². The standard InChI is InChI=1S/C27H24N2O6/c1-33-23-15-18(16-24(34-2)26(23)35-3)9-14-25(31)29-22(19-10-12-21(30)13-11-19)17-28(27(29)32)20-7-5-4-6-8-20/h4-17,30H,1-3H3/b14-9+. The molecule has 0 fully saturated rings. The van der Waals surface area contributed by atoms with Crippen LogP contribution in [0.5, 0.6) is 23.0 Å². The molecule has 3 aromatic carbocycles. The fourth-order valence-corrected chi connectivity index (χ4v) is 3.71. The molecule has 0 aliphatic carbocycles. The molecule has 0 unspecified atom stereocenters. The van der Waals surface area contributed by atoms with E-state index in [1.807, 2.05) is 18.2 Å². The number of nitrogens with zero attached hydrogens (tertiary/aromatic N) is 2. The molecule has 0 atom stereocenters. The molecule has 0 aliphatic heterocycles. The summed E-state index contributed by atoms with van der Waals surface area (Å²) in [5.41, 5.74) is 1.72. The summed E-state index contributed by atoms with van der Waals surface area (Å²) in [5, 5.41) is 9.67. The number of carbonyl (C=O) groups excluding carboxylic acids is 1. The molecule has 0 saturated heterocycles. The minimum Gasteiger partial charge on any atom is -0.508 e. The largest absolute Gasteiger partial charge is 0.508 e. The zero-order valence-electron chi connectivity index (χ0n) is 19.5. The third-order valence-electron chi connectivity index (χ3n) is 5.41. The van der Waals surface area contributed by atoms with E-state index in [1.165, 1.54) is 44.1 Å². The van der Waals surface area contributed by atoms with Gasteiger partial charge in [0.2, 0.25) is 5.75 Å². The van der Waals surface area contributed by atoms with E-state index < -0.39 is 11.6 Å². The van der Waals surface area contributed by atoms with E-state index in [9.17, 15) is 14.7 Å². The number of rotatable bonds is 7. The summed E-state index contributed by atoms with van der Waals surface area (Å²) in [4.78, 5) is 26.6. The number of aromatic nitrogens is 2. The number of carbonyl (C=O) groups is 1. The Labute approximate surface area is 201 Å². The van der Waals surface area contributed by atoms with Gasteiger partial charge in [0.05, 0.1) is 32.7 Å². The summed E-state index contributed by atoms with van der Waals surface area (Å²) >= 11 is 0. The Balaban J connectivity index is 1.80. The van der Waals surface area contributed by atoms with E-state index in [0.717, 1.165) is 4.57 Å². The van der Waals surface area contributed by atoms with Crippen molar-refractivity contribution < 1.29 is 24.1 Å². The summed E-state index contributed by atoms with van der Waals surface area (Å²) in [6.45, 7) is 0. The van der Waals surface area contributed by atoms with Gasteiger partial charge in [-0.1, -0.05) is 18.2 Å². The van der Waals surface area contributed by atoms with Crippen molar-refractivity contribution in [2.24, 2.45) is 0 Å². The number of allylic oxidation sites excluding steroid dienone is 1. The van der Waals surface area contributed by atoms with Crippen LogP contribution in [0.2, 0.25) is 0 Å². The van der Waals surface area contributed by atoms with E-state index in [-0.39, 0.29) is 5.75 Å². The van der Waals surface area contributed by atoms with Gasteiger partial charge in [-0.3, -0.25) is 9.36 Å². The van der Waals surface area contributed by atoms with E-state index in [1.54, 1.807) is 48.7 Å². The van der Waals surface area contributed by atoms with Crippen molar-refractivity contribution in [3.05, 3.63) is 95.1 Å². The highest BCUT2D eigenvalue weighted by Crippen LogP contribution is 2.38. The summed E-state index contributed by atoms with van der Waals surface area (Å²) in [6.07, 6.45) is 4.48. The first-order valence-corrected chi connectivity index (χ1v) is 10.7. The van der Waals surface area contributed by atoms with Gasteiger partial charge in [-0.05, 0) is 60.2 Å². The lowest BCUT2D eigenvalue weighted by molar-refractivity contribution is 0.0967. The van der Waals surface area contributed by atoms with Crippen LogP contribution in [0, 0.1) is 0 Å². The average molecular weight is 472 g/mol. The van der Waals surface area contributed by atoms with Crippen LogP contribution < -0.4 is 19.9 Å². The van der Waals surface area contributed by atoms with Gasteiger partial charge < -0.3 is 19.3 Å². The molecular weight excluding hydrogens is 448 g/mol. The maximum atomic E-state index is 13.3. The molecule has 0 aliphatic rings. The highest BCUT2D eigenvalue weighted by molar-refractivity contribution is 5.96. The van der Waals surface area contributed by atoms with Crippen LogP contribution in [0.3, 0.4) is 0 Å². The lowest BCUT2D eigenvalue weighted by Gasteiger charge is -2.12. The van der Waals surface area contributed by atoms with Crippen LogP contribution >= 0.6 is 0 Å². The highest BCUT2D eigenvalue weighted by atomic mass is 16.5. The van der Waals surface area contributed by atoms with Gasteiger partial charge >= 0.3 is 5.69 Å². The quantitative estimate of drug-likeness (QED) is 0.401. The lowest BCUT2D eigenvalue weighted by Crippen LogP contribution is -2.27. The number of imidazole rings is 1. The predicted octanol–water partition coefficient (Wildman–Crippen LogP) is 4.39. The molecule has 1 heterocycles. The molecule has 1 N–H and O–H groups in total. The van der Waals surface area contributed by atoms with Gasteiger partial charge in [0.1, 0.15) is 5.75 Å². The monoisotopic (exact) mass is 472 g/mol. The smallest absolute Gasteiger partial charge is 0.340 e. The third kappa shape index (κ3) is 4.67. The molecule has 1 aromatic heterocycles. The second-order valence-corrected chi connectivity index (χ2v) is 7.51. The number of hydrogen-bond acceptors (Lipinski definition) is 6. The third-order valence-corrected chi connectivity index (χ3v) is 5.41. The topological polar surface area (TPSA) is 91.9 Å². The summed E-state index contributed by atoms with van der Waals surface area (Å²) in [7, 11) is 4.52. The average Bonchev–Trinajstić information content (AvgIpc) is 3.24. The summed E-state index contributed by atoms with van der Waals surface area (Å²) in [6, 6.07) is 18.7. The van der Waals surface area contributed by atoms with Crippen molar-refractivity contribution >= 4 is 12.0 Å². The van der Waals surface area contributed by atoms with Crippen molar-refractivity contribution in [2.75, 3.05) is 21.3 Å². The number of aromatic hydroxyl groups is 1. The minimum absolute atomic E-state index is 0.0822. The van der Waals surface area contributed by atoms with Crippen molar-refractivity contribution in [1.29, 1.82) is 0 Å². The van der Waals surface area contributed by atoms with E-state index in [2.05, 4.69) is 0 Å². The Morgan fingerprint density at radius 1 is 0.886 bits per heavy atom. The number of ether oxygens (including phenoxy) is 3. The van der Waals surface area contributed by atoms with Gasteiger partial charge in [-0.25, -0.2) is 9.36 Å². The number of benzene rings is 3. The second kappa shape index (κ2) is 10.0. The van der Waals surface area contributed by atoms with Crippen molar-refractivity contribution in [2.45, 2.75) is 0 Å². The molecule has 8 heteroatoms. The lowest BCUT2D eigenvalue weighted by atomic mass is 10.1. The summed E-state index contributed by atoms with van der Waals surface area (Å²) < 4.78 is 18.6. The second-order valence-electron chi connectivity index (χ2n) is 7.51. The van der Waals surface area contributed by atoms with Gasteiger partial charge in [0, 0.05) is 17.8 Å². The SMILES string of the molecule is COc1cc(/C=C/C(=O)n2c(-c3ccc(O)cc3)cn(-c3ccccc3)c2=O)cc(OC)c1OC. The first-order valence-electron chi connectivity index (χ1n) is 10.7. The fraction of sp³-hybridized carbons (Fsp3) is 0.111. The zero-order chi connectivity index (χ0) is 24.9. The Bertz CT molecular complexity index is 1410. The fourth-order valence-electron chi connectivity index (χ4n) is 3.71. The van der Waals surface area contributed by atoms with Crippen molar-refractivity contribution in [3.63, 3.8) is 0 Å². The maximum absolute atomic E-state index is 13.3. The van der Waals surface area contributed by atoms with Crippen LogP contribution in [0.1, 0.15) is 10.4 Å². The maximum Gasteiger partial charge on any atom is 0.340 e. The number of hydrogen-bond donors (Lipinski definition) is 1. The number of para-hydroxylation sites is 1. The van der Waals surface area contributed by atoms with Crippen molar-refractivity contribution in [3.8, 4) is 39.9 Å². The summed E-state index contributed by atoms with van der Waals surface area (Å²) in [5.74, 6) is 0.858. The molecule has 0 radical (unpaired) electrons. The molecule has 0 saturated carbocycles. The molecule has 178 valence electrons. The molecule has 0 bridgehead atoms.